The fourth-order valence-corrected chi connectivity index (χ4v) is 4.62. The van der Waals surface area contributed by atoms with E-state index in [1.807, 2.05) is 31.2 Å². The van der Waals surface area contributed by atoms with Gasteiger partial charge in [0.1, 0.15) is 5.58 Å². The zero-order chi connectivity index (χ0) is 22.0. The lowest BCUT2D eigenvalue weighted by Gasteiger charge is -2.19. The van der Waals surface area contributed by atoms with Gasteiger partial charge in [-0.05, 0) is 48.9 Å². The first-order valence-corrected chi connectivity index (χ1v) is 11.2. The van der Waals surface area contributed by atoms with Gasteiger partial charge in [-0.2, -0.15) is 0 Å². The van der Waals surface area contributed by atoms with Gasteiger partial charge in [-0.3, -0.25) is 9.10 Å². The normalized spacial score (nSPS) is 11.4. The Hall–Kier alpha value is -3.58. The zero-order valence-corrected chi connectivity index (χ0v) is 18.0. The van der Waals surface area contributed by atoms with Crippen molar-refractivity contribution in [3.8, 4) is 0 Å². The molecule has 0 fully saturated rings. The van der Waals surface area contributed by atoms with Crippen molar-refractivity contribution in [3.05, 3.63) is 90.2 Å². The summed E-state index contributed by atoms with van der Waals surface area (Å²) < 4.78 is 32.8. The molecule has 0 bridgehead atoms. The molecule has 7 heteroatoms. The van der Waals surface area contributed by atoms with Crippen LogP contribution in [-0.2, 0) is 21.2 Å². The topological polar surface area (TPSA) is 79.6 Å². The van der Waals surface area contributed by atoms with Gasteiger partial charge in [-0.1, -0.05) is 36.4 Å². The molecule has 1 aromatic heterocycles. The van der Waals surface area contributed by atoms with Crippen LogP contribution in [0.1, 0.15) is 11.1 Å². The summed E-state index contributed by atoms with van der Waals surface area (Å²) in [7, 11) is -2.26. The Morgan fingerprint density at radius 2 is 1.77 bits per heavy atom. The number of nitrogens with one attached hydrogen (secondary N) is 1. The Morgan fingerprint density at radius 1 is 1.00 bits per heavy atom. The van der Waals surface area contributed by atoms with Crippen LogP contribution in [0.5, 0.6) is 0 Å². The molecule has 1 N–H and O–H groups in total. The minimum atomic E-state index is -3.77. The molecule has 0 saturated carbocycles. The third-order valence-electron chi connectivity index (χ3n) is 5.06. The summed E-state index contributed by atoms with van der Waals surface area (Å²) in [6.45, 7) is 1.98. The van der Waals surface area contributed by atoms with Crippen molar-refractivity contribution in [1.29, 1.82) is 0 Å². The van der Waals surface area contributed by atoms with Gasteiger partial charge in [0.15, 0.2) is 0 Å². The van der Waals surface area contributed by atoms with Crippen LogP contribution in [0.4, 0.5) is 11.4 Å². The summed E-state index contributed by atoms with van der Waals surface area (Å²) in [5, 5.41) is 3.67. The van der Waals surface area contributed by atoms with Crippen LogP contribution in [0, 0.1) is 6.92 Å². The lowest BCUT2D eigenvalue weighted by atomic mass is 10.1. The van der Waals surface area contributed by atoms with E-state index in [1.165, 1.54) is 23.5 Å². The van der Waals surface area contributed by atoms with Crippen LogP contribution in [0.3, 0.4) is 0 Å². The number of carbonyl (C=O) groups is 1. The maximum absolute atomic E-state index is 13.0. The molecule has 4 rings (SSSR count). The molecule has 1 amide bonds. The van der Waals surface area contributed by atoms with E-state index in [1.54, 1.807) is 42.7 Å². The molecule has 0 atom stereocenters. The predicted molar refractivity (Wildman–Crippen MR) is 122 cm³/mol. The SMILES string of the molecule is Cc1ccc2c(CC(=O)Nc3cccc(S(=O)(=O)N(C)c4ccccc4)c3)coc2c1. The van der Waals surface area contributed by atoms with Crippen LogP contribution >= 0.6 is 0 Å². The second-order valence-electron chi connectivity index (χ2n) is 7.32. The van der Waals surface area contributed by atoms with E-state index in [-0.39, 0.29) is 17.2 Å². The second-order valence-corrected chi connectivity index (χ2v) is 9.29. The maximum Gasteiger partial charge on any atom is 0.264 e. The third kappa shape index (κ3) is 4.32. The molecule has 0 saturated heterocycles. The van der Waals surface area contributed by atoms with E-state index in [4.69, 9.17) is 4.42 Å². The van der Waals surface area contributed by atoms with Gasteiger partial charge < -0.3 is 9.73 Å². The highest BCUT2D eigenvalue weighted by Gasteiger charge is 2.21. The first-order valence-electron chi connectivity index (χ1n) is 9.75. The molecule has 6 nitrogen and oxygen atoms in total. The number of furan rings is 1. The van der Waals surface area contributed by atoms with Gasteiger partial charge in [0.2, 0.25) is 5.91 Å². The van der Waals surface area contributed by atoms with Gasteiger partial charge in [-0.25, -0.2) is 8.42 Å². The lowest BCUT2D eigenvalue weighted by Crippen LogP contribution is -2.26. The van der Waals surface area contributed by atoms with Gasteiger partial charge in [0.05, 0.1) is 23.3 Å². The summed E-state index contributed by atoms with van der Waals surface area (Å²) >= 11 is 0. The molecule has 158 valence electrons. The van der Waals surface area contributed by atoms with Gasteiger partial charge in [0.25, 0.3) is 10.0 Å². The molecule has 0 unspecified atom stereocenters. The number of carbonyl (C=O) groups excluding carboxylic acids is 1. The Labute approximate surface area is 181 Å². The molecule has 31 heavy (non-hydrogen) atoms. The zero-order valence-electron chi connectivity index (χ0n) is 17.2. The van der Waals surface area contributed by atoms with Crippen LogP contribution in [0.2, 0.25) is 0 Å². The van der Waals surface area contributed by atoms with E-state index in [0.717, 1.165) is 22.1 Å². The monoisotopic (exact) mass is 434 g/mol. The number of hydrogen-bond donors (Lipinski definition) is 1. The molecule has 0 aliphatic heterocycles. The van der Waals surface area contributed by atoms with E-state index >= 15 is 0 Å². The van der Waals surface area contributed by atoms with Crippen LogP contribution in [0.15, 0.2) is 88.4 Å². The standard InChI is InChI=1S/C24H22N2O4S/c1-17-11-12-22-18(16-30-23(22)13-17)14-24(27)25-19-7-6-10-21(15-19)31(28,29)26(2)20-8-4-3-5-9-20/h3-13,15-16H,14H2,1-2H3,(H,25,27). The molecular weight excluding hydrogens is 412 g/mol. The van der Waals surface area contributed by atoms with Crippen LogP contribution in [-0.4, -0.2) is 21.4 Å². The average Bonchev–Trinajstić information content (AvgIpc) is 3.15. The smallest absolute Gasteiger partial charge is 0.264 e. The van der Waals surface area contributed by atoms with Crippen molar-refractivity contribution in [2.45, 2.75) is 18.2 Å². The Kier molecular flexibility index (Phi) is 5.52. The number of anilines is 2. The number of aryl methyl sites for hydroxylation is 1. The number of sulfonamides is 1. The summed E-state index contributed by atoms with van der Waals surface area (Å²) in [4.78, 5) is 12.7. The van der Waals surface area contributed by atoms with E-state index < -0.39 is 10.0 Å². The predicted octanol–water partition coefficient (Wildman–Crippen LogP) is 4.75. The number of para-hydroxylation sites is 1. The van der Waals surface area contributed by atoms with E-state index in [0.29, 0.717) is 11.4 Å². The summed E-state index contributed by atoms with van der Waals surface area (Å²) in [6.07, 6.45) is 1.70. The fourth-order valence-electron chi connectivity index (χ4n) is 3.37. The Balaban J connectivity index is 1.52. The minimum absolute atomic E-state index is 0.0980. The third-order valence-corrected chi connectivity index (χ3v) is 6.84. The van der Waals surface area contributed by atoms with Gasteiger partial charge in [-0.15, -0.1) is 0 Å². The Bertz CT molecular complexity index is 1340. The first kappa shape index (κ1) is 20.7. The van der Waals surface area contributed by atoms with Crippen LogP contribution in [0.25, 0.3) is 11.0 Å². The van der Waals surface area contributed by atoms with Gasteiger partial charge in [0, 0.05) is 23.7 Å². The molecule has 4 aromatic rings. The van der Waals surface area contributed by atoms with Crippen LogP contribution < -0.4 is 9.62 Å². The molecule has 1 heterocycles. The summed E-state index contributed by atoms with van der Waals surface area (Å²) in [5.41, 5.74) is 3.56. The highest BCUT2D eigenvalue weighted by atomic mass is 32.2. The molecular formula is C24H22N2O4S. The summed E-state index contributed by atoms with van der Waals surface area (Å²) in [5.74, 6) is -0.255. The second kappa shape index (κ2) is 8.28. The lowest BCUT2D eigenvalue weighted by molar-refractivity contribution is -0.115. The number of rotatable bonds is 6. The highest BCUT2D eigenvalue weighted by Crippen LogP contribution is 2.25. The quantitative estimate of drug-likeness (QED) is 0.475. The first-order chi connectivity index (χ1) is 14.8. The molecule has 0 spiro atoms. The average molecular weight is 435 g/mol. The van der Waals surface area contributed by atoms with Crippen molar-refractivity contribution in [2.75, 3.05) is 16.7 Å². The molecule has 0 aliphatic rings. The number of hydrogen-bond acceptors (Lipinski definition) is 4. The minimum Gasteiger partial charge on any atom is -0.464 e. The van der Waals surface area contributed by atoms with Crippen molar-refractivity contribution >= 4 is 38.3 Å². The highest BCUT2D eigenvalue weighted by molar-refractivity contribution is 7.92. The molecule has 0 radical (unpaired) electrons. The number of fused-ring (bicyclic) bond motifs is 1. The van der Waals surface area contributed by atoms with Crippen molar-refractivity contribution in [1.82, 2.24) is 0 Å². The van der Waals surface area contributed by atoms with Crippen molar-refractivity contribution < 1.29 is 17.6 Å². The Morgan fingerprint density at radius 3 is 2.55 bits per heavy atom. The van der Waals surface area contributed by atoms with Gasteiger partial charge >= 0.3 is 0 Å². The summed E-state index contributed by atoms with van der Waals surface area (Å²) in [6, 6.07) is 20.9. The maximum atomic E-state index is 13.0. The molecule has 3 aromatic carbocycles. The largest absolute Gasteiger partial charge is 0.464 e. The van der Waals surface area contributed by atoms with Crippen molar-refractivity contribution in [3.63, 3.8) is 0 Å². The number of nitrogens with zero attached hydrogens (tertiary/aromatic N) is 1. The molecule has 0 aliphatic carbocycles. The fraction of sp³-hybridized carbons (Fsp3) is 0.125. The number of amides is 1. The van der Waals surface area contributed by atoms with Crippen molar-refractivity contribution in [2.24, 2.45) is 0 Å². The van der Waals surface area contributed by atoms with E-state index in [2.05, 4.69) is 5.32 Å². The van der Waals surface area contributed by atoms with E-state index in [9.17, 15) is 13.2 Å². The number of benzene rings is 3.